The molecule has 0 aromatic heterocycles. The van der Waals surface area contributed by atoms with Gasteiger partial charge in [0, 0.05) is 32.1 Å². The van der Waals surface area contributed by atoms with Gasteiger partial charge in [0.15, 0.2) is 0 Å². The normalized spacial score (nSPS) is 12.0. The zero-order chi connectivity index (χ0) is 26.6. The van der Waals surface area contributed by atoms with Crippen molar-refractivity contribution < 1.29 is 22.7 Å². The van der Waals surface area contributed by atoms with Crippen LogP contribution in [0.4, 0.5) is 5.69 Å². The number of carbonyl (C=O) groups is 2. The van der Waals surface area contributed by atoms with Crippen LogP contribution in [-0.4, -0.2) is 64.2 Å². The number of hydrogen-bond acceptors (Lipinski definition) is 5. The molecule has 0 aliphatic rings. The van der Waals surface area contributed by atoms with Gasteiger partial charge in [-0.3, -0.25) is 13.9 Å². The van der Waals surface area contributed by atoms with E-state index < -0.39 is 16.1 Å². The van der Waals surface area contributed by atoms with Gasteiger partial charge in [-0.2, -0.15) is 0 Å². The van der Waals surface area contributed by atoms with Crippen molar-refractivity contribution in [2.45, 2.75) is 52.0 Å². The molecule has 2 aromatic rings. The van der Waals surface area contributed by atoms with Crippen LogP contribution in [0.5, 0.6) is 5.75 Å². The predicted molar refractivity (Wildman–Crippen MR) is 144 cm³/mol. The molecule has 0 bridgehead atoms. The molecule has 198 valence electrons. The maximum atomic E-state index is 13.4. The number of carbonyl (C=O) groups excluding carboxylic acids is 2. The first kappa shape index (κ1) is 29.2. The molecule has 2 aromatic carbocycles. The predicted octanol–water partition coefficient (Wildman–Crippen LogP) is 3.62. The van der Waals surface area contributed by atoms with Crippen molar-refractivity contribution in [3.05, 3.63) is 60.2 Å². The van der Waals surface area contributed by atoms with Gasteiger partial charge in [-0.15, -0.1) is 0 Å². The number of benzene rings is 2. The molecule has 0 spiro atoms. The molecular formula is C27H39N3O5S. The lowest BCUT2D eigenvalue weighted by molar-refractivity contribution is -0.140. The Labute approximate surface area is 215 Å². The van der Waals surface area contributed by atoms with Crippen LogP contribution in [-0.2, 0) is 26.0 Å². The average molecular weight is 518 g/mol. The molecule has 1 atom stereocenters. The molecule has 1 unspecified atom stereocenters. The monoisotopic (exact) mass is 517 g/mol. The highest BCUT2D eigenvalue weighted by Crippen LogP contribution is 2.23. The summed E-state index contributed by atoms with van der Waals surface area (Å²) in [6.45, 7) is 4.98. The van der Waals surface area contributed by atoms with Gasteiger partial charge in [0.05, 0.1) is 19.1 Å². The molecule has 36 heavy (non-hydrogen) atoms. The summed E-state index contributed by atoms with van der Waals surface area (Å²) < 4.78 is 31.5. The Morgan fingerprint density at radius 1 is 1.03 bits per heavy atom. The van der Waals surface area contributed by atoms with Crippen LogP contribution < -0.4 is 14.4 Å². The summed E-state index contributed by atoms with van der Waals surface area (Å²) in [5, 5.41) is 2.91. The molecule has 0 saturated carbocycles. The van der Waals surface area contributed by atoms with Crippen molar-refractivity contribution in [2.75, 3.05) is 37.3 Å². The van der Waals surface area contributed by atoms with Crippen LogP contribution in [0.1, 0.15) is 45.1 Å². The molecule has 0 heterocycles. The summed E-state index contributed by atoms with van der Waals surface area (Å²) in [6, 6.07) is 16.1. The summed E-state index contributed by atoms with van der Waals surface area (Å²) in [6.07, 6.45) is 3.52. The zero-order valence-electron chi connectivity index (χ0n) is 21.8. The van der Waals surface area contributed by atoms with Crippen LogP contribution in [0.25, 0.3) is 0 Å². The van der Waals surface area contributed by atoms with E-state index in [1.165, 1.54) is 11.4 Å². The van der Waals surface area contributed by atoms with E-state index >= 15 is 0 Å². The van der Waals surface area contributed by atoms with E-state index in [2.05, 4.69) is 5.32 Å². The SMILES string of the molecule is CCCNC(=O)C(CC)N(CCc1ccccc1)C(=O)CCCN(c1cccc(OC)c1)S(C)(=O)=O. The Hall–Kier alpha value is -3.07. The summed E-state index contributed by atoms with van der Waals surface area (Å²) in [7, 11) is -2.04. The largest absolute Gasteiger partial charge is 0.497 e. The van der Waals surface area contributed by atoms with E-state index in [9.17, 15) is 18.0 Å². The smallest absolute Gasteiger partial charge is 0.242 e. The van der Waals surface area contributed by atoms with Crippen molar-refractivity contribution in [3.8, 4) is 5.75 Å². The summed E-state index contributed by atoms with van der Waals surface area (Å²) >= 11 is 0. The molecule has 0 fully saturated rings. The Morgan fingerprint density at radius 2 is 1.75 bits per heavy atom. The Bertz CT molecular complexity index is 1080. The Balaban J connectivity index is 2.15. The number of methoxy groups -OCH3 is 1. The molecule has 0 saturated heterocycles. The summed E-state index contributed by atoms with van der Waals surface area (Å²) in [5.74, 6) is 0.228. The second-order valence-electron chi connectivity index (χ2n) is 8.68. The van der Waals surface area contributed by atoms with Crippen molar-refractivity contribution >= 4 is 27.5 Å². The number of hydrogen-bond donors (Lipinski definition) is 1. The third kappa shape index (κ3) is 8.86. The average Bonchev–Trinajstić information content (AvgIpc) is 2.87. The van der Waals surface area contributed by atoms with Crippen molar-refractivity contribution in [2.24, 2.45) is 0 Å². The standard InChI is InChI=1S/C27H39N3O5S/c1-5-18-28-27(32)25(6-2)29(20-17-22-12-8-7-9-13-22)26(31)16-11-19-30(36(4,33)34)23-14-10-15-24(21-23)35-3/h7-10,12-15,21,25H,5-6,11,16-20H2,1-4H3,(H,28,32). The number of nitrogens with zero attached hydrogens (tertiary/aromatic N) is 2. The molecule has 2 rings (SSSR count). The van der Waals surface area contributed by atoms with Crippen LogP contribution >= 0.6 is 0 Å². The van der Waals surface area contributed by atoms with Crippen LogP contribution in [0, 0.1) is 0 Å². The highest BCUT2D eigenvalue weighted by molar-refractivity contribution is 7.92. The molecular weight excluding hydrogens is 478 g/mol. The third-order valence-electron chi connectivity index (χ3n) is 5.91. The maximum absolute atomic E-state index is 13.4. The second-order valence-corrected chi connectivity index (χ2v) is 10.6. The summed E-state index contributed by atoms with van der Waals surface area (Å²) in [5.41, 5.74) is 1.57. The van der Waals surface area contributed by atoms with E-state index in [0.717, 1.165) is 18.2 Å². The molecule has 0 radical (unpaired) electrons. The van der Waals surface area contributed by atoms with Crippen LogP contribution in [0.2, 0.25) is 0 Å². The number of ether oxygens (including phenoxy) is 1. The highest BCUT2D eigenvalue weighted by Gasteiger charge is 2.28. The van der Waals surface area contributed by atoms with Gasteiger partial charge in [0.25, 0.3) is 0 Å². The molecule has 1 N–H and O–H groups in total. The van der Waals surface area contributed by atoms with Crippen molar-refractivity contribution in [1.82, 2.24) is 10.2 Å². The number of rotatable bonds is 15. The first-order valence-electron chi connectivity index (χ1n) is 12.4. The Kier molecular flexibility index (Phi) is 11.7. The first-order chi connectivity index (χ1) is 17.2. The lowest BCUT2D eigenvalue weighted by Gasteiger charge is -2.31. The fourth-order valence-electron chi connectivity index (χ4n) is 4.03. The minimum atomic E-state index is -3.56. The zero-order valence-corrected chi connectivity index (χ0v) is 22.6. The molecule has 2 amide bonds. The van der Waals surface area contributed by atoms with Crippen LogP contribution in [0.3, 0.4) is 0 Å². The minimum absolute atomic E-state index is 0.127. The van der Waals surface area contributed by atoms with Gasteiger partial charge in [-0.25, -0.2) is 8.42 Å². The van der Waals surface area contributed by atoms with E-state index in [1.54, 1.807) is 29.2 Å². The number of anilines is 1. The van der Waals surface area contributed by atoms with Crippen molar-refractivity contribution in [3.63, 3.8) is 0 Å². The molecule has 0 aliphatic carbocycles. The van der Waals surface area contributed by atoms with Gasteiger partial charge in [0.1, 0.15) is 11.8 Å². The van der Waals surface area contributed by atoms with Gasteiger partial charge in [0.2, 0.25) is 21.8 Å². The molecule has 9 heteroatoms. The summed E-state index contributed by atoms with van der Waals surface area (Å²) in [4.78, 5) is 27.9. The third-order valence-corrected chi connectivity index (χ3v) is 7.11. The van der Waals surface area contributed by atoms with E-state index in [-0.39, 0.29) is 24.8 Å². The van der Waals surface area contributed by atoms with Gasteiger partial charge in [-0.05, 0) is 43.4 Å². The number of sulfonamides is 1. The first-order valence-corrected chi connectivity index (χ1v) is 14.3. The van der Waals surface area contributed by atoms with E-state index in [4.69, 9.17) is 4.74 Å². The number of nitrogens with one attached hydrogen (secondary N) is 1. The Morgan fingerprint density at radius 3 is 2.36 bits per heavy atom. The maximum Gasteiger partial charge on any atom is 0.242 e. The van der Waals surface area contributed by atoms with Gasteiger partial charge >= 0.3 is 0 Å². The molecule has 8 nitrogen and oxygen atoms in total. The quantitative estimate of drug-likeness (QED) is 0.389. The van der Waals surface area contributed by atoms with Gasteiger partial charge < -0.3 is 15.0 Å². The van der Waals surface area contributed by atoms with Crippen LogP contribution in [0.15, 0.2) is 54.6 Å². The number of amides is 2. The second kappa shape index (κ2) is 14.5. The van der Waals surface area contributed by atoms with Gasteiger partial charge in [-0.1, -0.05) is 50.2 Å². The minimum Gasteiger partial charge on any atom is -0.497 e. The molecule has 0 aliphatic heterocycles. The van der Waals surface area contributed by atoms with Crippen molar-refractivity contribution in [1.29, 1.82) is 0 Å². The topological polar surface area (TPSA) is 96.0 Å². The van der Waals surface area contributed by atoms with E-state index in [0.29, 0.717) is 43.8 Å². The fourth-order valence-corrected chi connectivity index (χ4v) is 4.99. The van der Waals surface area contributed by atoms with E-state index in [1.807, 2.05) is 44.2 Å². The highest BCUT2D eigenvalue weighted by atomic mass is 32.2. The lowest BCUT2D eigenvalue weighted by Crippen LogP contribution is -2.50. The lowest BCUT2D eigenvalue weighted by atomic mass is 10.1. The fraction of sp³-hybridized carbons (Fsp3) is 0.481.